The molecule has 0 saturated carbocycles. The van der Waals surface area contributed by atoms with E-state index < -0.39 is 0 Å². The van der Waals surface area contributed by atoms with Gasteiger partial charge in [0.2, 0.25) is 0 Å². The van der Waals surface area contributed by atoms with Crippen LogP contribution in [0.5, 0.6) is 0 Å². The third-order valence-electron chi connectivity index (χ3n) is 5.53. The summed E-state index contributed by atoms with van der Waals surface area (Å²) in [4.78, 5) is 0. The monoisotopic (exact) mass is 368 g/mol. The van der Waals surface area contributed by atoms with Crippen molar-refractivity contribution in [2.24, 2.45) is 0 Å². The Morgan fingerprint density at radius 3 is 0.808 bits per heavy atom. The van der Waals surface area contributed by atoms with Crippen molar-refractivity contribution < 1.29 is 4.74 Å². The molecule has 0 spiro atoms. The fourth-order valence-corrected chi connectivity index (χ4v) is 3.66. The average Bonchev–Trinajstić information content (AvgIpc) is 2.66. The lowest BCUT2D eigenvalue weighted by molar-refractivity contribution is 0.125. The molecule has 0 aliphatic heterocycles. The van der Waals surface area contributed by atoms with Crippen molar-refractivity contribution in [2.75, 3.05) is 13.2 Å². The van der Waals surface area contributed by atoms with Gasteiger partial charge in [0.15, 0.2) is 0 Å². The largest absolute Gasteiger partial charge is 0.381 e. The maximum atomic E-state index is 5.78. The zero-order valence-electron chi connectivity index (χ0n) is 18.7. The summed E-state index contributed by atoms with van der Waals surface area (Å²) in [5, 5.41) is 0. The van der Waals surface area contributed by atoms with E-state index in [1.54, 1.807) is 0 Å². The van der Waals surface area contributed by atoms with Crippen molar-refractivity contribution in [1.29, 1.82) is 0 Å². The normalized spacial score (nSPS) is 11.3. The van der Waals surface area contributed by atoms with Crippen molar-refractivity contribution in [2.45, 2.75) is 149 Å². The molecule has 0 radical (unpaired) electrons. The minimum absolute atomic E-state index is 0.993. The van der Waals surface area contributed by atoms with E-state index in [-0.39, 0.29) is 0 Å². The Labute approximate surface area is 167 Å². The third kappa shape index (κ3) is 24.0. The lowest BCUT2D eigenvalue weighted by atomic mass is 10.0. The first-order valence-corrected chi connectivity index (χ1v) is 12.5. The third-order valence-corrected chi connectivity index (χ3v) is 5.53. The van der Waals surface area contributed by atoms with Crippen LogP contribution in [-0.2, 0) is 4.74 Å². The molecule has 0 unspecified atom stereocenters. The topological polar surface area (TPSA) is 9.23 Å². The van der Waals surface area contributed by atoms with Gasteiger partial charge in [0, 0.05) is 13.2 Å². The molecule has 0 rings (SSSR count). The summed E-state index contributed by atoms with van der Waals surface area (Å²) in [6, 6.07) is 0. The van der Waals surface area contributed by atoms with Gasteiger partial charge in [-0.2, -0.15) is 0 Å². The molecule has 0 aromatic carbocycles. The van der Waals surface area contributed by atoms with Gasteiger partial charge in [-0.3, -0.25) is 0 Å². The van der Waals surface area contributed by atoms with Gasteiger partial charge in [0.25, 0.3) is 0 Å². The van der Waals surface area contributed by atoms with Crippen molar-refractivity contribution >= 4 is 0 Å². The molecule has 0 saturated heterocycles. The molecule has 158 valence electrons. The Bertz CT molecular complexity index is 202. The van der Waals surface area contributed by atoms with Gasteiger partial charge in [-0.15, -0.1) is 0 Å². The molecule has 0 N–H and O–H groups in total. The summed E-state index contributed by atoms with van der Waals surface area (Å²) in [6.45, 7) is 6.57. The second-order valence-corrected chi connectivity index (χ2v) is 8.33. The van der Waals surface area contributed by atoms with Gasteiger partial charge in [0.1, 0.15) is 0 Å². The molecule has 0 atom stereocenters. The standard InChI is InChI=1S/C25H52O/c1-3-5-7-9-11-13-14-15-16-17-19-21-23-25-26-24-22-20-18-12-10-8-6-4-2/h3-25H2,1-2H3. The molecule has 0 aromatic rings. The average molecular weight is 369 g/mol. The van der Waals surface area contributed by atoms with Gasteiger partial charge < -0.3 is 4.74 Å². The second-order valence-electron chi connectivity index (χ2n) is 8.33. The van der Waals surface area contributed by atoms with Crippen LogP contribution in [0.2, 0.25) is 0 Å². The van der Waals surface area contributed by atoms with Crippen LogP contribution in [0.4, 0.5) is 0 Å². The zero-order chi connectivity index (χ0) is 19.0. The number of ether oxygens (including phenoxy) is 1. The van der Waals surface area contributed by atoms with E-state index in [9.17, 15) is 0 Å². The van der Waals surface area contributed by atoms with E-state index in [2.05, 4.69) is 13.8 Å². The van der Waals surface area contributed by atoms with Crippen LogP contribution in [0, 0.1) is 0 Å². The number of hydrogen-bond donors (Lipinski definition) is 0. The van der Waals surface area contributed by atoms with Crippen molar-refractivity contribution in [3.8, 4) is 0 Å². The molecule has 0 amide bonds. The van der Waals surface area contributed by atoms with E-state index in [1.807, 2.05) is 0 Å². The molecule has 1 heteroatoms. The van der Waals surface area contributed by atoms with Crippen LogP contribution in [0.15, 0.2) is 0 Å². The Morgan fingerprint density at radius 1 is 0.308 bits per heavy atom. The van der Waals surface area contributed by atoms with Crippen molar-refractivity contribution in [3.63, 3.8) is 0 Å². The van der Waals surface area contributed by atoms with Crippen LogP contribution >= 0.6 is 0 Å². The number of hydrogen-bond acceptors (Lipinski definition) is 1. The molecule has 0 aromatic heterocycles. The molecule has 0 bridgehead atoms. The lowest BCUT2D eigenvalue weighted by Crippen LogP contribution is -1.97. The first-order chi connectivity index (χ1) is 12.9. The van der Waals surface area contributed by atoms with Crippen molar-refractivity contribution in [3.05, 3.63) is 0 Å². The van der Waals surface area contributed by atoms with Gasteiger partial charge in [-0.25, -0.2) is 0 Å². The van der Waals surface area contributed by atoms with Crippen molar-refractivity contribution in [1.82, 2.24) is 0 Å². The first-order valence-electron chi connectivity index (χ1n) is 12.5. The highest BCUT2D eigenvalue weighted by molar-refractivity contribution is 4.49. The summed E-state index contributed by atoms with van der Waals surface area (Å²) in [5.41, 5.74) is 0. The summed E-state index contributed by atoms with van der Waals surface area (Å²) in [5.74, 6) is 0. The summed E-state index contributed by atoms with van der Waals surface area (Å²) in [6.07, 6.45) is 29.7. The fraction of sp³-hybridized carbons (Fsp3) is 1.00. The first kappa shape index (κ1) is 26.0. The highest BCUT2D eigenvalue weighted by atomic mass is 16.5. The van der Waals surface area contributed by atoms with E-state index in [1.165, 1.54) is 135 Å². The van der Waals surface area contributed by atoms with Gasteiger partial charge in [-0.1, -0.05) is 136 Å². The van der Waals surface area contributed by atoms with E-state index >= 15 is 0 Å². The molecule has 1 nitrogen and oxygen atoms in total. The molecule has 0 aliphatic carbocycles. The zero-order valence-corrected chi connectivity index (χ0v) is 18.7. The second kappa shape index (κ2) is 25.0. The lowest BCUT2D eigenvalue weighted by Gasteiger charge is -2.05. The minimum atomic E-state index is 0.993. The summed E-state index contributed by atoms with van der Waals surface area (Å²) < 4.78 is 5.78. The molecule has 0 fully saturated rings. The fourth-order valence-electron chi connectivity index (χ4n) is 3.66. The predicted molar refractivity (Wildman–Crippen MR) is 119 cm³/mol. The minimum Gasteiger partial charge on any atom is -0.381 e. The van der Waals surface area contributed by atoms with E-state index in [4.69, 9.17) is 4.74 Å². The Kier molecular flexibility index (Phi) is 24.9. The molecular weight excluding hydrogens is 316 g/mol. The Hall–Kier alpha value is -0.0400. The molecule has 26 heavy (non-hydrogen) atoms. The highest BCUT2D eigenvalue weighted by Gasteiger charge is 1.95. The van der Waals surface area contributed by atoms with Crippen LogP contribution in [0.25, 0.3) is 0 Å². The highest BCUT2D eigenvalue weighted by Crippen LogP contribution is 2.12. The van der Waals surface area contributed by atoms with Crippen LogP contribution in [0.3, 0.4) is 0 Å². The smallest absolute Gasteiger partial charge is 0.0466 e. The van der Waals surface area contributed by atoms with Crippen LogP contribution < -0.4 is 0 Å². The Morgan fingerprint density at radius 2 is 0.538 bits per heavy atom. The van der Waals surface area contributed by atoms with E-state index in [0.717, 1.165) is 13.2 Å². The van der Waals surface area contributed by atoms with Gasteiger partial charge in [0.05, 0.1) is 0 Å². The maximum absolute atomic E-state index is 5.78. The number of rotatable bonds is 23. The molecule has 0 aliphatic rings. The van der Waals surface area contributed by atoms with E-state index in [0.29, 0.717) is 0 Å². The van der Waals surface area contributed by atoms with Gasteiger partial charge >= 0.3 is 0 Å². The number of unbranched alkanes of at least 4 members (excludes halogenated alkanes) is 19. The predicted octanol–water partition coefficient (Wildman–Crippen LogP) is 9.23. The quantitative estimate of drug-likeness (QED) is 0.163. The molecular formula is C25H52O. The summed E-state index contributed by atoms with van der Waals surface area (Å²) in [7, 11) is 0. The summed E-state index contributed by atoms with van der Waals surface area (Å²) >= 11 is 0. The maximum Gasteiger partial charge on any atom is 0.0466 e. The Balaban J connectivity index is 2.95. The van der Waals surface area contributed by atoms with Crippen LogP contribution in [0.1, 0.15) is 149 Å². The SMILES string of the molecule is CCCCCCCCCCCCCCCOCCCCCCCCCC. The van der Waals surface area contributed by atoms with Crippen LogP contribution in [-0.4, -0.2) is 13.2 Å². The molecule has 0 heterocycles. The van der Waals surface area contributed by atoms with Gasteiger partial charge in [-0.05, 0) is 12.8 Å².